The van der Waals surface area contributed by atoms with Gasteiger partial charge in [0, 0.05) is 11.5 Å². The molecule has 4 aliphatic carbocycles. The number of carbonyl (C=O) groups excluding carboxylic acids is 1. The summed E-state index contributed by atoms with van der Waals surface area (Å²) in [4.78, 5) is 26.7. The third-order valence-electron chi connectivity index (χ3n) is 10.7. The van der Waals surface area contributed by atoms with Crippen molar-refractivity contribution in [2.45, 2.75) is 90.9 Å². The highest BCUT2D eigenvalue weighted by Crippen LogP contribution is 2.82. The molecule has 5 aliphatic rings. The molecule has 0 spiro atoms. The van der Waals surface area contributed by atoms with Gasteiger partial charge in [0.15, 0.2) is 12.5 Å². The van der Waals surface area contributed by atoms with Gasteiger partial charge in [-0.25, -0.2) is 0 Å². The lowest BCUT2D eigenvalue weighted by atomic mass is 9.43. The summed E-state index contributed by atoms with van der Waals surface area (Å²) in [6.07, 6.45) is 7.58. The van der Waals surface area contributed by atoms with E-state index in [-0.39, 0.29) is 36.5 Å². The Kier molecular flexibility index (Phi) is 6.55. The van der Waals surface area contributed by atoms with E-state index >= 15 is 0 Å². The van der Waals surface area contributed by atoms with Crippen molar-refractivity contribution in [3.05, 3.63) is 24.3 Å². The first-order chi connectivity index (χ1) is 17.1. The van der Waals surface area contributed by atoms with Crippen LogP contribution in [0.2, 0.25) is 0 Å². The van der Waals surface area contributed by atoms with Crippen molar-refractivity contribution in [2.75, 3.05) is 6.61 Å². The van der Waals surface area contributed by atoms with E-state index in [0.29, 0.717) is 31.1 Å². The lowest BCUT2D eigenvalue weighted by Crippen LogP contribution is -2.64. The van der Waals surface area contributed by atoms with Gasteiger partial charge in [-0.15, -0.1) is 6.58 Å². The van der Waals surface area contributed by atoms with Gasteiger partial charge in [0.2, 0.25) is 0 Å². The average molecular weight is 502 g/mol. The Morgan fingerprint density at radius 2 is 2.08 bits per heavy atom. The summed E-state index contributed by atoms with van der Waals surface area (Å²) in [6.45, 7) is 12.2. The predicted molar refractivity (Wildman–Crippen MR) is 135 cm³/mol. The SMILES string of the molecule is C=CCC1C[C@@H](C)O[C@@H](OC[C@@]23C[C@@H]4[C@H](C)CC[C@H]4[C@@]4(C=O)C[C@@H]2C=C(C(C)C)[C@@]34C(=O)O)[C@@H](O)N1. The van der Waals surface area contributed by atoms with E-state index < -0.39 is 34.7 Å². The molecule has 36 heavy (non-hydrogen) atoms. The standard InChI is InChI=1S/C29H43NO6/c1-6-7-20-10-18(5)36-25(24(32)30-20)35-15-28-13-21-17(4)8-9-22(21)27(14-31)12-19(28)11-23(16(2)3)29(27,28)26(33)34/h6,11,14,16-22,24-25,30,32H,1,7-10,12-13,15H2,2-5H3,(H,33,34)/t17-,18-,19+,20?,21-,22-,24-,25-,27+,28+,29+/m1/s1. The molecule has 1 unspecified atom stereocenters. The van der Waals surface area contributed by atoms with Gasteiger partial charge in [0.25, 0.3) is 0 Å². The van der Waals surface area contributed by atoms with E-state index in [0.717, 1.165) is 31.1 Å². The van der Waals surface area contributed by atoms with Crippen LogP contribution in [0.4, 0.5) is 0 Å². The fourth-order valence-corrected chi connectivity index (χ4v) is 9.51. The summed E-state index contributed by atoms with van der Waals surface area (Å²) in [5.74, 6) is -0.0952. The Bertz CT molecular complexity index is 948. The number of hydrogen-bond acceptors (Lipinski definition) is 6. The van der Waals surface area contributed by atoms with Crippen molar-refractivity contribution in [3.8, 4) is 0 Å². The molecule has 11 atom stereocenters. The van der Waals surface area contributed by atoms with E-state index in [2.05, 4.69) is 24.9 Å². The number of nitrogens with one attached hydrogen (secondary N) is 1. The number of ether oxygens (including phenoxy) is 2. The van der Waals surface area contributed by atoms with Crippen molar-refractivity contribution in [2.24, 2.45) is 45.8 Å². The lowest BCUT2D eigenvalue weighted by molar-refractivity contribution is -0.240. The van der Waals surface area contributed by atoms with Gasteiger partial charge >= 0.3 is 5.97 Å². The number of aliphatic carboxylic acids is 1. The van der Waals surface area contributed by atoms with Crippen LogP contribution in [0.25, 0.3) is 0 Å². The van der Waals surface area contributed by atoms with Crippen LogP contribution >= 0.6 is 0 Å². The third-order valence-corrected chi connectivity index (χ3v) is 10.7. The van der Waals surface area contributed by atoms with Crippen LogP contribution in [0, 0.1) is 45.8 Å². The van der Waals surface area contributed by atoms with Crippen LogP contribution in [-0.2, 0) is 19.1 Å². The highest BCUT2D eigenvalue weighted by atomic mass is 16.7. The molecule has 1 saturated heterocycles. The summed E-state index contributed by atoms with van der Waals surface area (Å²) in [7, 11) is 0. The zero-order chi connectivity index (χ0) is 26.0. The van der Waals surface area contributed by atoms with Crippen molar-refractivity contribution in [1.82, 2.24) is 5.32 Å². The number of aldehydes is 1. The number of carbonyl (C=O) groups is 2. The molecule has 4 fully saturated rings. The topological polar surface area (TPSA) is 105 Å². The minimum Gasteiger partial charge on any atom is -0.481 e. The Labute approximate surface area is 214 Å². The molecule has 0 radical (unpaired) electrons. The van der Waals surface area contributed by atoms with Gasteiger partial charge in [0.1, 0.15) is 11.7 Å². The summed E-state index contributed by atoms with van der Waals surface area (Å²) in [5, 5.41) is 25.2. The summed E-state index contributed by atoms with van der Waals surface area (Å²) in [6, 6.07) is 0.0268. The van der Waals surface area contributed by atoms with Crippen LogP contribution in [0.3, 0.4) is 0 Å². The largest absolute Gasteiger partial charge is 0.481 e. The van der Waals surface area contributed by atoms with Crippen LogP contribution in [0.15, 0.2) is 24.3 Å². The second kappa shape index (κ2) is 9.04. The van der Waals surface area contributed by atoms with Crippen molar-refractivity contribution in [1.29, 1.82) is 0 Å². The fraction of sp³-hybridized carbons (Fsp3) is 0.793. The Morgan fingerprint density at radius 1 is 1.33 bits per heavy atom. The Balaban J connectivity index is 1.54. The first kappa shape index (κ1) is 26.1. The molecule has 0 aromatic heterocycles. The smallest absolute Gasteiger partial charge is 0.315 e. The van der Waals surface area contributed by atoms with E-state index in [1.807, 2.05) is 26.8 Å². The second-order valence-electron chi connectivity index (χ2n) is 12.7. The molecule has 0 aromatic carbocycles. The van der Waals surface area contributed by atoms with Crippen LogP contribution in [0.5, 0.6) is 0 Å². The highest BCUT2D eigenvalue weighted by molar-refractivity contribution is 5.90. The van der Waals surface area contributed by atoms with Gasteiger partial charge in [-0.05, 0) is 68.6 Å². The molecule has 4 bridgehead atoms. The molecule has 200 valence electrons. The minimum atomic E-state index is -1.29. The number of carboxylic acids is 1. The molecule has 1 aliphatic heterocycles. The van der Waals surface area contributed by atoms with Crippen molar-refractivity contribution in [3.63, 3.8) is 0 Å². The molecule has 3 saturated carbocycles. The number of rotatable bonds is 8. The minimum absolute atomic E-state index is 0.0153. The molecule has 1 heterocycles. The molecule has 7 heteroatoms. The van der Waals surface area contributed by atoms with Crippen LogP contribution in [0.1, 0.15) is 66.2 Å². The van der Waals surface area contributed by atoms with Gasteiger partial charge in [-0.1, -0.05) is 44.9 Å². The van der Waals surface area contributed by atoms with E-state index in [9.17, 15) is 19.8 Å². The van der Waals surface area contributed by atoms with E-state index in [1.165, 1.54) is 0 Å². The first-order valence-corrected chi connectivity index (χ1v) is 13.8. The number of carboxylic acid groups (broad SMARTS) is 1. The van der Waals surface area contributed by atoms with Crippen LogP contribution in [-0.4, -0.2) is 53.7 Å². The maximum absolute atomic E-state index is 13.5. The fourth-order valence-electron chi connectivity index (χ4n) is 9.51. The molecule has 0 amide bonds. The van der Waals surface area contributed by atoms with E-state index in [1.54, 1.807) is 0 Å². The van der Waals surface area contributed by atoms with Crippen LogP contribution < -0.4 is 5.32 Å². The maximum Gasteiger partial charge on any atom is 0.315 e. The number of aliphatic hydroxyl groups excluding tert-OH is 1. The number of allylic oxidation sites excluding steroid dienone is 1. The third kappa shape index (κ3) is 3.25. The van der Waals surface area contributed by atoms with Gasteiger partial charge in [0.05, 0.1) is 18.1 Å². The predicted octanol–water partition coefficient (Wildman–Crippen LogP) is 3.92. The van der Waals surface area contributed by atoms with Crippen molar-refractivity contribution < 1.29 is 29.3 Å². The van der Waals surface area contributed by atoms with Crippen molar-refractivity contribution >= 4 is 12.3 Å². The highest BCUT2D eigenvalue weighted by Gasteiger charge is 2.84. The zero-order valence-electron chi connectivity index (χ0n) is 22.1. The monoisotopic (exact) mass is 501 g/mol. The quantitative estimate of drug-likeness (QED) is 0.342. The second-order valence-corrected chi connectivity index (χ2v) is 12.7. The van der Waals surface area contributed by atoms with Gasteiger partial charge < -0.3 is 24.5 Å². The molecule has 0 aromatic rings. The summed E-state index contributed by atoms with van der Waals surface area (Å²) in [5.41, 5.74) is -2.05. The average Bonchev–Trinajstić information content (AvgIpc) is 3.34. The van der Waals surface area contributed by atoms with Gasteiger partial charge in [-0.3, -0.25) is 10.1 Å². The first-order valence-electron chi connectivity index (χ1n) is 13.8. The van der Waals surface area contributed by atoms with E-state index in [4.69, 9.17) is 9.47 Å². The summed E-state index contributed by atoms with van der Waals surface area (Å²) >= 11 is 0. The molecule has 5 rings (SSSR count). The molecular formula is C29H43NO6. The molecular weight excluding hydrogens is 458 g/mol. The number of fused-ring (bicyclic) bond motifs is 2. The zero-order valence-corrected chi connectivity index (χ0v) is 22.1. The lowest BCUT2D eigenvalue weighted by Gasteiger charge is -2.58. The Hall–Kier alpha value is -1.54. The van der Waals surface area contributed by atoms with Gasteiger partial charge in [-0.2, -0.15) is 0 Å². The number of hydrogen-bond donors (Lipinski definition) is 3. The normalized spacial score (nSPS) is 49.4. The molecule has 7 nitrogen and oxygen atoms in total. The molecule has 3 N–H and O–H groups in total. The maximum atomic E-state index is 13.5. The number of aliphatic hydroxyl groups is 1. The summed E-state index contributed by atoms with van der Waals surface area (Å²) < 4.78 is 12.5. The Morgan fingerprint density at radius 3 is 2.72 bits per heavy atom.